The van der Waals surface area contributed by atoms with Crippen LogP contribution in [-0.2, 0) is 11.3 Å². The summed E-state index contributed by atoms with van der Waals surface area (Å²) in [6.07, 6.45) is 0. The largest absolute Gasteiger partial charge is 0.348 e. The Balaban J connectivity index is 1.78. The molecule has 0 fully saturated rings. The van der Waals surface area contributed by atoms with Crippen LogP contribution in [0.15, 0.2) is 53.0 Å². The summed E-state index contributed by atoms with van der Waals surface area (Å²) >= 11 is 8.82. The highest BCUT2D eigenvalue weighted by Crippen LogP contribution is 2.23. The zero-order chi connectivity index (χ0) is 18.7. The van der Waals surface area contributed by atoms with Crippen molar-refractivity contribution in [2.45, 2.75) is 26.4 Å². The lowest BCUT2D eigenvalue weighted by Gasteiger charge is -2.16. The first-order valence-corrected chi connectivity index (χ1v) is 9.42. The van der Waals surface area contributed by atoms with Crippen molar-refractivity contribution in [1.82, 2.24) is 20.1 Å². The maximum Gasteiger partial charge on any atom is 0.240 e. The Labute approximate surface area is 165 Å². The van der Waals surface area contributed by atoms with Gasteiger partial charge in [0.25, 0.3) is 0 Å². The molecule has 2 aromatic carbocycles. The molecule has 3 rings (SSSR count). The van der Waals surface area contributed by atoms with Crippen molar-refractivity contribution in [3.05, 3.63) is 68.9 Å². The summed E-state index contributed by atoms with van der Waals surface area (Å²) in [6, 6.07) is 15.7. The monoisotopic (exact) mass is 430 g/mol. The van der Waals surface area contributed by atoms with Crippen LogP contribution in [0.4, 0.5) is 0 Å². The molecule has 0 bridgehead atoms. The number of aromatic amines is 1. The number of aromatic nitrogens is 3. The van der Waals surface area contributed by atoms with E-state index in [9.17, 15) is 4.79 Å². The second-order valence-corrected chi connectivity index (χ2v) is 7.36. The van der Waals surface area contributed by atoms with Crippen molar-refractivity contribution >= 4 is 34.1 Å². The molecule has 3 aromatic rings. The highest BCUT2D eigenvalue weighted by molar-refractivity contribution is 9.10. The molecule has 26 heavy (non-hydrogen) atoms. The Bertz CT molecular complexity index is 978. The number of aryl methyl sites for hydroxylation is 1. The first-order valence-electron chi connectivity index (χ1n) is 8.21. The third kappa shape index (κ3) is 4.11. The SMILES string of the molecule is Cc1ccc(-c2n[nH]c(=S)n2CC(=O)N[C@@H](C)c2ccccc2Br)cc1. The van der Waals surface area contributed by atoms with Gasteiger partial charge in [-0.05, 0) is 37.7 Å². The van der Waals surface area contributed by atoms with Crippen LogP contribution >= 0.6 is 28.1 Å². The molecule has 5 nitrogen and oxygen atoms in total. The van der Waals surface area contributed by atoms with Crippen molar-refractivity contribution in [1.29, 1.82) is 0 Å². The number of benzene rings is 2. The van der Waals surface area contributed by atoms with Crippen LogP contribution in [0.2, 0.25) is 0 Å². The highest BCUT2D eigenvalue weighted by atomic mass is 79.9. The molecule has 0 radical (unpaired) electrons. The minimum absolute atomic E-state index is 0.104. The average Bonchev–Trinajstić information content (AvgIpc) is 2.96. The predicted octanol–water partition coefficient (Wildman–Crippen LogP) is 4.56. The van der Waals surface area contributed by atoms with Crippen molar-refractivity contribution in [3.8, 4) is 11.4 Å². The minimum atomic E-state index is -0.126. The van der Waals surface area contributed by atoms with Crippen LogP contribution in [0, 0.1) is 11.7 Å². The van der Waals surface area contributed by atoms with Gasteiger partial charge in [0, 0.05) is 10.0 Å². The second-order valence-electron chi connectivity index (χ2n) is 6.12. The Kier molecular flexibility index (Phi) is 5.68. The van der Waals surface area contributed by atoms with Crippen LogP contribution in [0.5, 0.6) is 0 Å². The molecule has 0 saturated carbocycles. The summed E-state index contributed by atoms with van der Waals surface area (Å²) in [6.45, 7) is 4.08. The average molecular weight is 431 g/mol. The molecule has 134 valence electrons. The molecule has 2 N–H and O–H groups in total. The topological polar surface area (TPSA) is 62.7 Å². The van der Waals surface area contributed by atoms with Crippen molar-refractivity contribution < 1.29 is 4.79 Å². The third-order valence-corrected chi connectivity index (χ3v) is 5.15. The second kappa shape index (κ2) is 7.97. The molecule has 1 atom stereocenters. The highest BCUT2D eigenvalue weighted by Gasteiger charge is 2.15. The maximum atomic E-state index is 12.6. The van der Waals surface area contributed by atoms with Crippen LogP contribution in [0.25, 0.3) is 11.4 Å². The molecule has 0 aliphatic rings. The van der Waals surface area contributed by atoms with Gasteiger partial charge in [0.15, 0.2) is 10.6 Å². The van der Waals surface area contributed by atoms with Gasteiger partial charge in [-0.1, -0.05) is 64.0 Å². The van der Waals surface area contributed by atoms with Crippen molar-refractivity contribution in [2.75, 3.05) is 0 Å². The van der Waals surface area contributed by atoms with E-state index in [1.165, 1.54) is 0 Å². The number of amides is 1. The number of nitrogens with zero attached hydrogens (tertiary/aromatic N) is 2. The molecule has 0 aliphatic carbocycles. The van der Waals surface area contributed by atoms with Gasteiger partial charge < -0.3 is 5.32 Å². The number of rotatable bonds is 5. The lowest BCUT2D eigenvalue weighted by atomic mass is 10.1. The summed E-state index contributed by atoms with van der Waals surface area (Å²) in [5.41, 5.74) is 3.10. The van der Waals surface area contributed by atoms with Gasteiger partial charge in [-0.15, -0.1) is 0 Å². The number of halogens is 1. The van der Waals surface area contributed by atoms with Crippen LogP contribution in [-0.4, -0.2) is 20.7 Å². The predicted molar refractivity (Wildman–Crippen MR) is 108 cm³/mol. The van der Waals surface area contributed by atoms with Crippen LogP contribution < -0.4 is 5.32 Å². The molecule has 0 unspecified atom stereocenters. The van der Waals surface area contributed by atoms with E-state index in [0.717, 1.165) is 21.2 Å². The van der Waals surface area contributed by atoms with Crippen molar-refractivity contribution in [2.24, 2.45) is 0 Å². The zero-order valence-corrected chi connectivity index (χ0v) is 16.9. The van der Waals surface area contributed by atoms with Gasteiger partial charge in [0.1, 0.15) is 6.54 Å². The first kappa shape index (κ1) is 18.5. The maximum absolute atomic E-state index is 12.6. The Morgan fingerprint density at radius 3 is 2.65 bits per heavy atom. The normalized spacial score (nSPS) is 12.0. The molecule has 0 aliphatic heterocycles. The number of carbonyl (C=O) groups excluding carboxylic acids is 1. The number of hydrogen-bond donors (Lipinski definition) is 2. The number of H-pyrrole nitrogens is 1. The molecular weight excluding hydrogens is 412 g/mol. The van der Waals surface area contributed by atoms with Gasteiger partial charge in [0.2, 0.25) is 5.91 Å². The minimum Gasteiger partial charge on any atom is -0.348 e. The smallest absolute Gasteiger partial charge is 0.240 e. The molecular formula is C19H19BrN4OS. The van der Waals surface area contributed by atoms with E-state index in [1.807, 2.05) is 62.4 Å². The zero-order valence-electron chi connectivity index (χ0n) is 14.5. The fourth-order valence-corrected chi connectivity index (χ4v) is 3.55. The Morgan fingerprint density at radius 2 is 1.96 bits per heavy atom. The van der Waals surface area contributed by atoms with Gasteiger partial charge >= 0.3 is 0 Å². The summed E-state index contributed by atoms with van der Waals surface area (Å²) < 4.78 is 3.10. The summed E-state index contributed by atoms with van der Waals surface area (Å²) in [5, 5.41) is 10.1. The van der Waals surface area contributed by atoms with Crippen molar-refractivity contribution in [3.63, 3.8) is 0 Å². The lowest BCUT2D eigenvalue weighted by Crippen LogP contribution is -2.30. The number of hydrogen-bond acceptors (Lipinski definition) is 3. The van der Waals surface area contributed by atoms with E-state index >= 15 is 0 Å². The molecule has 1 aromatic heterocycles. The van der Waals surface area contributed by atoms with Gasteiger partial charge in [-0.25, -0.2) is 0 Å². The van der Waals surface area contributed by atoms with Gasteiger partial charge in [-0.3, -0.25) is 14.5 Å². The molecule has 0 spiro atoms. The fraction of sp³-hybridized carbons (Fsp3) is 0.211. The standard InChI is InChI=1S/C19H19BrN4OS/c1-12-7-9-14(10-8-12)18-22-23-19(26)24(18)11-17(25)21-13(2)15-5-3-4-6-16(15)20/h3-10,13H,11H2,1-2H3,(H,21,25)(H,23,26)/t13-/m0/s1. The summed E-state index contributed by atoms with van der Waals surface area (Å²) in [4.78, 5) is 12.6. The van der Waals surface area contributed by atoms with E-state index in [4.69, 9.17) is 12.2 Å². The fourth-order valence-electron chi connectivity index (χ4n) is 2.72. The number of carbonyl (C=O) groups is 1. The molecule has 1 heterocycles. The lowest BCUT2D eigenvalue weighted by molar-refractivity contribution is -0.122. The van der Waals surface area contributed by atoms with Gasteiger partial charge in [-0.2, -0.15) is 5.10 Å². The molecule has 0 saturated heterocycles. The van der Waals surface area contributed by atoms with E-state index in [1.54, 1.807) is 4.57 Å². The Hall–Kier alpha value is -2.25. The van der Waals surface area contributed by atoms with Gasteiger partial charge in [0.05, 0.1) is 6.04 Å². The quantitative estimate of drug-likeness (QED) is 0.583. The summed E-state index contributed by atoms with van der Waals surface area (Å²) in [7, 11) is 0. The first-order chi connectivity index (χ1) is 12.5. The van der Waals surface area contributed by atoms with Crippen LogP contribution in [0.1, 0.15) is 24.1 Å². The van der Waals surface area contributed by atoms with E-state index in [-0.39, 0.29) is 18.5 Å². The van der Waals surface area contributed by atoms with Crippen LogP contribution in [0.3, 0.4) is 0 Å². The molecule has 1 amide bonds. The van der Waals surface area contributed by atoms with E-state index in [0.29, 0.717) is 10.6 Å². The van der Waals surface area contributed by atoms with E-state index < -0.39 is 0 Å². The number of nitrogens with one attached hydrogen (secondary N) is 2. The molecule has 7 heteroatoms. The Morgan fingerprint density at radius 1 is 1.27 bits per heavy atom. The third-order valence-electron chi connectivity index (χ3n) is 4.12. The van der Waals surface area contributed by atoms with E-state index in [2.05, 4.69) is 31.4 Å². The summed E-state index contributed by atoms with van der Waals surface area (Å²) in [5.74, 6) is 0.526.